The molecule has 7 nitrogen and oxygen atoms in total. The number of fused-ring (bicyclic) bond motifs is 1. The lowest BCUT2D eigenvalue weighted by Crippen LogP contribution is -2.13. The zero-order valence-electron chi connectivity index (χ0n) is 13.7. The zero-order chi connectivity index (χ0) is 16.3. The molecule has 0 atom stereocenters. The normalized spacial score (nSPS) is 17.7. The van der Waals surface area contributed by atoms with E-state index in [1.807, 2.05) is 0 Å². The van der Waals surface area contributed by atoms with Crippen molar-refractivity contribution in [3.63, 3.8) is 0 Å². The van der Waals surface area contributed by atoms with Crippen molar-refractivity contribution in [1.82, 2.24) is 0 Å². The van der Waals surface area contributed by atoms with Gasteiger partial charge in [-0.3, -0.25) is 0 Å². The number of ether oxygens (including phenoxy) is 7. The predicted octanol–water partition coefficient (Wildman–Crippen LogP) is 1.52. The van der Waals surface area contributed by atoms with E-state index in [-0.39, 0.29) is 0 Å². The van der Waals surface area contributed by atoms with E-state index in [1.54, 1.807) is 26.4 Å². The first-order valence-corrected chi connectivity index (χ1v) is 7.60. The van der Waals surface area contributed by atoms with Crippen LogP contribution in [0.2, 0.25) is 0 Å². The van der Waals surface area contributed by atoms with E-state index in [0.717, 1.165) is 0 Å². The maximum Gasteiger partial charge on any atom is 0.165 e. The molecule has 23 heavy (non-hydrogen) atoms. The van der Waals surface area contributed by atoms with Crippen LogP contribution in [0, 0.1) is 0 Å². The average molecular weight is 328 g/mol. The molecule has 130 valence electrons. The van der Waals surface area contributed by atoms with Gasteiger partial charge in [-0.2, -0.15) is 0 Å². The van der Waals surface area contributed by atoms with Crippen molar-refractivity contribution in [2.24, 2.45) is 0 Å². The molecule has 1 aromatic carbocycles. The molecule has 7 heteroatoms. The summed E-state index contributed by atoms with van der Waals surface area (Å²) >= 11 is 0. The van der Waals surface area contributed by atoms with Crippen molar-refractivity contribution in [3.8, 4) is 23.0 Å². The summed E-state index contributed by atoms with van der Waals surface area (Å²) < 4.78 is 38.3. The van der Waals surface area contributed by atoms with Crippen LogP contribution < -0.4 is 18.9 Å². The van der Waals surface area contributed by atoms with Gasteiger partial charge in [0, 0.05) is 12.1 Å². The van der Waals surface area contributed by atoms with Crippen molar-refractivity contribution >= 4 is 0 Å². The molecule has 0 bridgehead atoms. The van der Waals surface area contributed by atoms with Crippen LogP contribution in [0.3, 0.4) is 0 Å². The molecule has 0 amide bonds. The van der Waals surface area contributed by atoms with E-state index in [2.05, 4.69) is 0 Å². The van der Waals surface area contributed by atoms with Gasteiger partial charge in [-0.05, 0) is 0 Å². The van der Waals surface area contributed by atoms with Crippen LogP contribution in [-0.4, -0.2) is 67.1 Å². The summed E-state index contributed by atoms with van der Waals surface area (Å²) in [4.78, 5) is 0. The predicted molar refractivity (Wildman–Crippen MR) is 83.0 cm³/mol. The fourth-order valence-electron chi connectivity index (χ4n) is 2.03. The Balaban J connectivity index is 2.08. The third-order valence-corrected chi connectivity index (χ3v) is 3.16. The van der Waals surface area contributed by atoms with Gasteiger partial charge in [-0.15, -0.1) is 0 Å². The smallest absolute Gasteiger partial charge is 0.165 e. The molecule has 1 heterocycles. The number of hydrogen-bond donors (Lipinski definition) is 0. The lowest BCUT2D eigenvalue weighted by molar-refractivity contribution is 0.00708. The number of hydrogen-bond acceptors (Lipinski definition) is 7. The van der Waals surface area contributed by atoms with Gasteiger partial charge in [0.15, 0.2) is 23.0 Å². The molecule has 1 aliphatic rings. The Hall–Kier alpha value is -1.70. The van der Waals surface area contributed by atoms with Crippen molar-refractivity contribution in [1.29, 1.82) is 0 Å². The van der Waals surface area contributed by atoms with Crippen molar-refractivity contribution in [2.45, 2.75) is 0 Å². The van der Waals surface area contributed by atoms with Gasteiger partial charge in [0.1, 0.15) is 13.2 Å². The fraction of sp³-hybridized carbons (Fsp3) is 0.625. The van der Waals surface area contributed by atoms with Gasteiger partial charge in [0.05, 0.1) is 53.9 Å². The molecule has 0 fully saturated rings. The second kappa shape index (κ2) is 10.1. The summed E-state index contributed by atoms with van der Waals surface area (Å²) in [5.41, 5.74) is 0. The Bertz CT molecular complexity index is 423. The highest BCUT2D eigenvalue weighted by atomic mass is 16.6. The number of methoxy groups -OCH3 is 2. The van der Waals surface area contributed by atoms with Crippen molar-refractivity contribution in [3.05, 3.63) is 12.1 Å². The van der Waals surface area contributed by atoms with Crippen LogP contribution in [0.4, 0.5) is 0 Å². The van der Waals surface area contributed by atoms with E-state index in [0.29, 0.717) is 75.9 Å². The molecule has 0 radical (unpaired) electrons. The van der Waals surface area contributed by atoms with Crippen LogP contribution in [-0.2, 0) is 14.2 Å². The molecule has 1 aromatic rings. The third kappa shape index (κ3) is 5.78. The molecular weight excluding hydrogens is 304 g/mol. The molecule has 0 saturated heterocycles. The highest BCUT2D eigenvalue weighted by Crippen LogP contribution is 2.39. The minimum atomic E-state index is 0.405. The van der Waals surface area contributed by atoms with E-state index < -0.39 is 0 Å². The number of rotatable bonds is 2. The molecule has 2 rings (SSSR count). The van der Waals surface area contributed by atoms with Gasteiger partial charge < -0.3 is 33.2 Å². The molecule has 0 spiro atoms. The Morgan fingerprint density at radius 1 is 0.609 bits per heavy atom. The average Bonchev–Trinajstić information content (AvgIpc) is 2.59. The van der Waals surface area contributed by atoms with Gasteiger partial charge >= 0.3 is 0 Å². The third-order valence-electron chi connectivity index (χ3n) is 3.16. The van der Waals surface area contributed by atoms with Crippen molar-refractivity contribution in [2.75, 3.05) is 67.1 Å². The van der Waals surface area contributed by atoms with E-state index in [9.17, 15) is 0 Å². The fourth-order valence-corrected chi connectivity index (χ4v) is 2.03. The second-order valence-corrected chi connectivity index (χ2v) is 4.69. The summed E-state index contributed by atoms with van der Waals surface area (Å²) in [7, 11) is 3.16. The lowest BCUT2D eigenvalue weighted by Gasteiger charge is -2.16. The molecule has 0 aromatic heterocycles. The zero-order valence-corrected chi connectivity index (χ0v) is 13.7. The summed E-state index contributed by atoms with van der Waals surface area (Å²) in [5.74, 6) is 2.33. The first-order chi connectivity index (χ1) is 11.3. The summed E-state index contributed by atoms with van der Waals surface area (Å²) in [6.07, 6.45) is 0. The molecule has 0 unspecified atom stereocenters. The van der Waals surface area contributed by atoms with Crippen LogP contribution >= 0.6 is 0 Å². The quantitative estimate of drug-likeness (QED) is 0.815. The van der Waals surface area contributed by atoms with E-state index in [1.165, 1.54) is 0 Å². The van der Waals surface area contributed by atoms with Gasteiger partial charge in [0.2, 0.25) is 0 Å². The minimum Gasteiger partial charge on any atom is -0.493 e. The first kappa shape index (κ1) is 17.7. The molecule has 0 N–H and O–H groups in total. The Labute approximate surface area is 136 Å². The van der Waals surface area contributed by atoms with Gasteiger partial charge in [0.25, 0.3) is 0 Å². The largest absolute Gasteiger partial charge is 0.493 e. The monoisotopic (exact) mass is 328 g/mol. The summed E-state index contributed by atoms with van der Waals surface area (Å²) in [5, 5.41) is 0. The Morgan fingerprint density at radius 2 is 0.957 bits per heavy atom. The number of benzene rings is 1. The maximum atomic E-state index is 5.74. The molecule has 0 saturated carbocycles. The molecule has 1 aliphatic heterocycles. The Kier molecular flexibility index (Phi) is 7.79. The highest BCUT2D eigenvalue weighted by molar-refractivity contribution is 5.54. The van der Waals surface area contributed by atoms with Crippen molar-refractivity contribution < 1.29 is 33.2 Å². The molecular formula is C16H24O7. The summed E-state index contributed by atoms with van der Waals surface area (Å²) in [6, 6.07) is 3.49. The van der Waals surface area contributed by atoms with E-state index in [4.69, 9.17) is 33.2 Å². The first-order valence-electron chi connectivity index (χ1n) is 7.60. The SMILES string of the molecule is COc1cc2c(cc1OC)OCCOCCOCCOCCO2. The topological polar surface area (TPSA) is 64.6 Å². The minimum absolute atomic E-state index is 0.405. The second-order valence-electron chi connectivity index (χ2n) is 4.69. The van der Waals surface area contributed by atoms with Crippen LogP contribution in [0.25, 0.3) is 0 Å². The van der Waals surface area contributed by atoms with Gasteiger partial charge in [-0.25, -0.2) is 0 Å². The maximum absolute atomic E-state index is 5.74. The van der Waals surface area contributed by atoms with Crippen LogP contribution in [0.15, 0.2) is 12.1 Å². The highest BCUT2D eigenvalue weighted by Gasteiger charge is 2.14. The van der Waals surface area contributed by atoms with Crippen LogP contribution in [0.5, 0.6) is 23.0 Å². The summed E-state index contributed by atoms with van der Waals surface area (Å²) in [6.45, 7) is 3.88. The van der Waals surface area contributed by atoms with Crippen LogP contribution in [0.1, 0.15) is 0 Å². The van der Waals surface area contributed by atoms with Gasteiger partial charge in [-0.1, -0.05) is 0 Å². The van der Waals surface area contributed by atoms with E-state index >= 15 is 0 Å². The Morgan fingerprint density at radius 3 is 1.30 bits per heavy atom. The standard InChI is InChI=1S/C16H24O7/c1-17-13-11-15-16(12-14(13)18-2)23-10-8-21-6-4-19-3-5-20-7-9-22-15/h11-12H,3-10H2,1-2H3. The molecule has 0 aliphatic carbocycles. The lowest BCUT2D eigenvalue weighted by atomic mass is 10.2.